The van der Waals surface area contributed by atoms with Gasteiger partial charge in [-0.05, 0) is 71.8 Å². The van der Waals surface area contributed by atoms with Crippen LogP contribution in [0.1, 0.15) is 12.8 Å². The molecule has 0 saturated heterocycles. The van der Waals surface area contributed by atoms with Crippen molar-refractivity contribution in [1.29, 1.82) is 0 Å². The van der Waals surface area contributed by atoms with Crippen molar-refractivity contribution < 1.29 is 17.1 Å². The highest BCUT2D eigenvalue weighted by Crippen LogP contribution is 2.30. The first-order valence-electron chi connectivity index (χ1n) is 8.53. The molecule has 0 aliphatic heterocycles. The highest BCUT2D eigenvalue weighted by molar-refractivity contribution is 6.90. The number of amides is 1. The predicted octanol–water partition coefficient (Wildman–Crippen LogP) is 4.30. The second kappa shape index (κ2) is 8.56. The van der Waals surface area contributed by atoms with E-state index in [9.17, 15) is 4.79 Å². The van der Waals surface area contributed by atoms with Gasteiger partial charge in [0.05, 0.1) is 0 Å². The molecule has 2 N–H and O–H groups in total. The Balaban J connectivity index is 5.46. The third-order valence-corrected chi connectivity index (χ3v) is 14.7. The highest BCUT2D eigenvalue weighted by Gasteiger charge is 2.49. The number of carbonyl (C=O) groups excluding carboxylic acids is 1. The van der Waals surface area contributed by atoms with Crippen molar-refractivity contribution in [3.8, 4) is 0 Å². The lowest BCUT2D eigenvalue weighted by atomic mass is 10.2. The largest absolute Gasteiger partial charge is 0.469 e. The standard InChI is InChI=1S/C15H37NO4Si4/c1-14(15(16)17)12-11-13-24(18-21(2,3)4,19-22(5,6)7)20-23(8,9)10/h1,11-13H2,2-10H3,(H2,16,17). The summed E-state index contributed by atoms with van der Waals surface area (Å²) < 4.78 is 19.7. The van der Waals surface area contributed by atoms with Gasteiger partial charge in [0, 0.05) is 11.6 Å². The third kappa shape index (κ3) is 11.5. The monoisotopic (exact) mass is 407 g/mol. The predicted molar refractivity (Wildman–Crippen MR) is 111 cm³/mol. The molecule has 0 aromatic carbocycles. The fourth-order valence-corrected chi connectivity index (χ4v) is 16.9. The molecule has 1 amide bonds. The van der Waals surface area contributed by atoms with E-state index in [0.29, 0.717) is 18.0 Å². The van der Waals surface area contributed by atoms with Crippen LogP contribution in [0.25, 0.3) is 0 Å². The van der Waals surface area contributed by atoms with Gasteiger partial charge in [0.25, 0.3) is 0 Å². The Morgan fingerprint density at radius 3 is 1.42 bits per heavy atom. The zero-order chi connectivity index (χ0) is 19.4. The van der Waals surface area contributed by atoms with Crippen molar-refractivity contribution in [2.45, 2.75) is 77.8 Å². The molecule has 0 radical (unpaired) electrons. The molecular formula is C15H37NO4Si4. The quantitative estimate of drug-likeness (QED) is 0.409. The van der Waals surface area contributed by atoms with Crippen LogP contribution >= 0.6 is 0 Å². The van der Waals surface area contributed by atoms with E-state index >= 15 is 0 Å². The van der Waals surface area contributed by atoms with Crippen molar-refractivity contribution in [3.05, 3.63) is 12.2 Å². The number of carbonyl (C=O) groups is 1. The van der Waals surface area contributed by atoms with Crippen LogP contribution in [0.5, 0.6) is 0 Å². The van der Waals surface area contributed by atoms with E-state index in [-0.39, 0.29) is 0 Å². The average molecular weight is 408 g/mol. The molecule has 0 saturated carbocycles. The van der Waals surface area contributed by atoms with Crippen LogP contribution in [0.2, 0.25) is 65.0 Å². The molecule has 0 bridgehead atoms. The Bertz CT molecular complexity index is 409. The molecule has 142 valence electrons. The van der Waals surface area contributed by atoms with E-state index in [4.69, 9.17) is 18.1 Å². The van der Waals surface area contributed by atoms with Gasteiger partial charge < -0.3 is 18.1 Å². The van der Waals surface area contributed by atoms with Crippen LogP contribution in [0, 0.1) is 0 Å². The summed E-state index contributed by atoms with van der Waals surface area (Å²) in [5.41, 5.74) is 5.74. The lowest BCUT2D eigenvalue weighted by molar-refractivity contribution is -0.114. The van der Waals surface area contributed by atoms with Gasteiger partial charge in [-0.1, -0.05) is 6.58 Å². The van der Waals surface area contributed by atoms with Crippen molar-refractivity contribution in [3.63, 3.8) is 0 Å². The first-order chi connectivity index (χ1) is 10.4. The van der Waals surface area contributed by atoms with Crippen molar-refractivity contribution >= 4 is 39.7 Å². The summed E-state index contributed by atoms with van der Waals surface area (Å²) in [5.74, 6) is -0.439. The first kappa shape index (κ1) is 24.0. The lowest BCUT2D eigenvalue weighted by Crippen LogP contribution is -2.60. The zero-order valence-corrected chi connectivity index (χ0v) is 21.0. The highest BCUT2D eigenvalue weighted by atomic mass is 28.5. The SMILES string of the molecule is C=C(CCC[Si](O[Si](C)(C)C)(O[Si](C)(C)C)O[Si](C)(C)C)C(N)=O. The lowest BCUT2D eigenvalue weighted by Gasteiger charge is -2.43. The molecule has 0 rings (SSSR count). The van der Waals surface area contributed by atoms with E-state index < -0.39 is 39.7 Å². The average Bonchev–Trinajstić information content (AvgIpc) is 2.20. The minimum Gasteiger partial charge on any atom is -0.417 e. The molecule has 0 fully saturated rings. The first-order valence-corrected chi connectivity index (χ1v) is 20.7. The van der Waals surface area contributed by atoms with E-state index in [0.717, 1.165) is 6.42 Å². The van der Waals surface area contributed by atoms with E-state index in [1.807, 2.05) is 0 Å². The van der Waals surface area contributed by atoms with E-state index in [1.54, 1.807) is 0 Å². The van der Waals surface area contributed by atoms with Crippen molar-refractivity contribution in [2.24, 2.45) is 5.73 Å². The number of hydrogen-bond acceptors (Lipinski definition) is 4. The van der Waals surface area contributed by atoms with Crippen LogP contribution in [-0.2, 0) is 17.1 Å². The van der Waals surface area contributed by atoms with Gasteiger partial charge in [0.1, 0.15) is 0 Å². The Hall–Kier alpha value is -0.0425. The van der Waals surface area contributed by atoms with Crippen molar-refractivity contribution in [2.75, 3.05) is 0 Å². The van der Waals surface area contributed by atoms with Crippen LogP contribution < -0.4 is 5.73 Å². The molecule has 0 unspecified atom stereocenters. The molecule has 0 heterocycles. The normalized spacial score (nSPS) is 13.9. The smallest absolute Gasteiger partial charge is 0.417 e. The number of rotatable bonds is 11. The molecule has 0 atom stereocenters. The van der Waals surface area contributed by atoms with Crippen LogP contribution in [0.15, 0.2) is 12.2 Å². The minimum atomic E-state index is -2.81. The Morgan fingerprint density at radius 1 is 0.833 bits per heavy atom. The Kier molecular flexibility index (Phi) is 8.55. The van der Waals surface area contributed by atoms with E-state index in [2.05, 4.69) is 65.5 Å². The molecule has 0 aliphatic carbocycles. The number of hydrogen-bond donors (Lipinski definition) is 1. The summed E-state index contributed by atoms with van der Waals surface area (Å²) in [6, 6.07) is 0.706. The van der Waals surface area contributed by atoms with Gasteiger partial charge >= 0.3 is 8.80 Å². The molecule has 24 heavy (non-hydrogen) atoms. The van der Waals surface area contributed by atoms with Gasteiger partial charge in [-0.2, -0.15) is 0 Å². The second-order valence-corrected chi connectivity index (χ2v) is 26.1. The Morgan fingerprint density at radius 2 is 1.17 bits per heavy atom. The molecular weight excluding hydrogens is 371 g/mol. The summed E-state index contributed by atoms with van der Waals surface area (Å²) in [5, 5.41) is 0. The Labute approximate surface area is 152 Å². The molecule has 9 heteroatoms. The van der Waals surface area contributed by atoms with Crippen molar-refractivity contribution in [1.82, 2.24) is 0 Å². The molecule has 0 spiro atoms. The van der Waals surface area contributed by atoms with E-state index in [1.165, 1.54) is 0 Å². The summed E-state index contributed by atoms with van der Waals surface area (Å²) in [7, 11) is -8.36. The number of primary amides is 1. The van der Waals surface area contributed by atoms with Gasteiger partial charge in [0.15, 0.2) is 25.0 Å². The summed E-state index contributed by atoms with van der Waals surface area (Å²) in [6.07, 6.45) is 1.30. The van der Waals surface area contributed by atoms with Crippen LogP contribution in [0.4, 0.5) is 0 Å². The summed E-state index contributed by atoms with van der Waals surface area (Å²) in [6.45, 7) is 23.2. The zero-order valence-electron chi connectivity index (χ0n) is 17.0. The molecule has 0 aliphatic rings. The van der Waals surface area contributed by atoms with Gasteiger partial charge in [-0.25, -0.2) is 0 Å². The molecule has 0 aromatic rings. The number of nitrogens with two attached hydrogens (primary N) is 1. The van der Waals surface area contributed by atoms with Crippen LogP contribution in [-0.4, -0.2) is 39.7 Å². The van der Waals surface area contributed by atoms with Gasteiger partial charge in [0.2, 0.25) is 5.91 Å². The van der Waals surface area contributed by atoms with Crippen LogP contribution in [0.3, 0.4) is 0 Å². The molecule has 0 aromatic heterocycles. The van der Waals surface area contributed by atoms with Gasteiger partial charge in [-0.3, -0.25) is 4.79 Å². The maximum atomic E-state index is 11.2. The summed E-state index contributed by atoms with van der Waals surface area (Å²) >= 11 is 0. The topological polar surface area (TPSA) is 70.8 Å². The maximum Gasteiger partial charge on any atom is 0.469 e. The molecule has 5 nitrogen and oxygen atoms in total. The fourth-order valence-electron chi connectivity index (χ4n) is 2.26. The maximum absolute atomic E-state index is 11.2. The third-order valence-electron chi connectivity index (χ3n) is 2.70. The second-order valence-electron chi connectivity index (χ2n) is 9.15. The van der Waals surface area contributed by atoms with Gasteiger partial charge in [-0.15, -0.1) is 0 Å². The fraction of sp³-hybridized carbons (Fsp3) is 0.800. The minimum absolute atomic E-state index is 0.439. The summed E-state index contributed by atoms with van der Waals surface area (Å²) in [4.78, 5) is 11.2.